The Morgan fingerprint density at radius 3 is 3.31 bits per heavy atom. The highest BCUT2D eigenvalue weighted by Gasteiger charge is 2.27. The summed E-state index contributed by atoms with van der Waals surface area (Å²) >= 11 is 4.89. The Labute approximate surface area is 87.8 Å². The highest BCUT2D eigenvalue weighted by atomic mass is 79.9. The number of carboxylic acid groups (broad SMARTS) is 1. The average Bonchev–Trinajstić information content (AvgIpc) is 2.42. The largest absolute Gasteiger partial charge is 0.465 e. The van der Waals surface area contributed by atoms with Crippen molar-refractivity contribution in [3.8, 4) is 0 Å². The topological polar surface area (TPSA) is 52.9 Å². The van der Waals surface area contributed by atoms with Crippen molar-refractivity contribution < 1.29 is 9.90 Å². The molecule has 6 heteroatoms. The zero-order valence-electron chi connectivity index (χ0n) is 6.61. The fourth-order valence-corrected chi connectivity index (χ4v) is 2.98. The molecular weight excluding hydrogens is 256 g/mol. The van der Waals surface area contributed by atoms with Crippen LogP contribution in [0.15, 0.2) is 16.1 Å². The van der Waals surface area contributed by atoms with Crippen LogP contribution in [0.4, 0.5) is 4.79 Å². The van der Waals surface area contributed by atoms with Crippen molar-refractivity contribution in [2.75, 3.05) is 6.54 Å². The summed E-state index contributed by atoms with van der Waals surface area (Å²) < 4.78 is 0.0579. The van der Waals surface area contributed by atoms with Gasteiger partial charge in [-0.25, -0.2) is 4.79 Å². The van der Waals surface area contributed by atoms with Crippen LogP contribution in [0.25, 0.3) is 0 Å². The lowest BCUT2D eigenvalue weighted by molar-refractivity contribution is 0.163. The molecule has 1 atom stereocenters. The van der Waals surface area contributed by atoms with Crippen LogP contribution in [0.3, 0.4) is 0 Å². The van der Waals surface area contributed by atoms with E-state index in [1.807, 2.05) is 0 Å². The Balaban J connectivity index is 2.22. The van der Waals surface area contributed by atoms with Gasteiger partial charge in [0.15, 0.2) is 4.28 Å². The third-order valence-corrected chi connectivity index (χ3v) is 3.53. The van der Waals surface area contributed by atoms with Gasteiger partial charge in [0.05, 0.1) is 5.71 Å². The fraction of sp³-hybridized carbons (Fsp3) is 0.429. The highest BCUT2D eigenvalue weighted by molar-refractivity contribution is 9.11. The van der Waals surface area contributed by atoms with Gasteiger partial charge in [-0.2, -0.15) is 0 Å². The second-order valence-corrected chi connectivity index (χ2v) is 5.30. The van der Waals surface area contributed by atoms with Gasteiger partial charge in [-0.15, -0.1) is 0 Å². The molecule has 2 aliphatic heterocycles. The first-order chi connectivity index (χ1) is 6.16. The lowest BCUT2D eigenvalue weighted by atomic mass is 10.2. The van der Waals surface area contributed by atoms with Crippen molar-refractivity contribution in [1.82, 2.24) is 4.90 Å². The van der Waals surface area contributed by atoms with Crippen molar-refractivity contribution in [3.63, 3.8) is 0 Å². The molecule has 13 heavy (non-hydrogen) atoms. The van der Waals surface area contributed by atoms with Gasteiger partial charge in [0.2, 0.25) is 0 Å². The number of rotatable bonds is 0. The average molecular weight is 263 g/mol. The number of hydrogen-bond donors (Lipinski definition) is 1. The van der Waals surface area contributed by atoms with Crippen LogP contribution < -0.4 is 0 Å². The molecule has 0 radical (unpaired) electrons. The Morgan fingerprint density at radius 2 is 2.62 bits per heavy atom. The first-order valence-electron chi connectivity index (χ1n) is 3.76. The monoisotopic (exact) mass is 262 g/mol. The maximum Gasteiger partial charge on any atom is 0.411 e. The molecule has 2 rings (SSSR count). The van der Waals surface area contributed by atoms with Crippen LogP contribution in [0.5, 0.6) is 0 Å². The number of hydrogen-bond acceptors (Lipinski definition) is 3. The van der Waals surface area contributed by atoms with Crippen LogP contribution in [0.2, 0.25) is 0 Å². The number of thioether (sulfide) groups is 1. The van der Waals surface area contributed by atoms with E-state index in [-0.39, 0.29) is 4.28 Å². The van der Waals surface area contributed by atoms with Gasteiger partial charge in [0.1, 0.15) is 0 Å². The Bertz CT molecular complexity index is 316. The number of fused-ring (bicyclic) bond motifs is 1. The lowest BCUT2D eigenvalue weighted by Gasteiger charge is -2.20. The van der Waals surface area contributed by atoms with E-state index in [1.54, 1.807) is 6.20 Å². The molecule has 0 saturated heterocycles. The summed E-state index contributed by atoms with van der Waals surface area (Å²) in [5.74, 6) is 0. The zero-order valence-corrected chi connectivity index (χ0v) is 9.01. The number of allylic oxidation sites excluding steroid dienone is 1. The summed E-state index contributed by atoms with van der Waals surface area (Å²) in [5, 5.41) is 8.74. The number of nitrogens with zero attached hydrogens (tertiary/aromatic N) is 2. The van der Waals surface area contributed by atoms with Crippen molar-refractivity contribution in [1.29, 1.82) is 0 Å². The third-order valence-electron chi connectivity index (χ3n) is 1.87. The van der Waals surface area contributed by atoms with E-state index in [4.69, 9.17) is 5.11 Å². The fourth-order valence-electron chi connectivity index (χ4n) is 1.26. The van der Waals surface area contributed by atoms with Gasteiger partial charge >= 0.3 is 6.09 Å². The smallest absolute Gasteiger partial charge is 0.411 e. The predicted octanol–water partition coefficient (Wildman–Crippen LogP) is 2.08. The van der Waals surface area contributed by atoms with Crippen molar-refractivity contribution >= 4 is 39.5 Å². The van der Waals surface area contributed by atoms with Crippen LogP contribution in [-0.4, -0.2) is 32.6 Å². The molecule has 70 valence electrons. The molecule has 0 fully saturated rings. The zero-order chi connectivity index (χ0) is 9.42. The molecule has 1 unspecified atom stereocenters. The van der Waals surface area contributed by atoms with E-state index < -0.39 is 6.09 Å². The summed E-state index contributed by atoms with van der Waals surface area (Å²) in [6.07, 6.45) is 1.47. The lowest BCUT2D eigenvalue weighted by Crippen LogP contribution is -2.30. The summed E-state index contributed by atoms with van der Waals surface area (Å²) in [5.41, 5.74) is 1.02. The number of carbonyl (C=O) groups is 1. The second kappa shape index (κ2) is 3.34. The normalized spacial score (nSPS) is 26.5. The van der Waals surface area contributed by atoms with E-state index >= 15 is 0 Å². The number of halogens is 1. The Kier molecular flexibility index (Phi) is 2.33. The first kappa shape index (κ1) is 9.08. The Hall–Kier alpha value is -0.490. The van der Waals surface area contributed by atoms with Gasteiger partial charge in [0.25, 0.3) is 0 Å². The van der Waals surface area contributed by atoms with E-state index in [1.165, 1.54) is 16.7 Å². The summed E-state index contributed by atoms with van der Waals surface area (Å²) in [7, 11) is 0. The molecular formula is C7H7BrN2O2S. The standard InChI is InChI=1S/C7H7BrN2O2S/c8-6-9-4-1-2-10(7(11)12)3-5(4)13-6/h3,6H,1-2H2,(H,11,12). The summed E-state index contributed by atoms with van der Waals surface area (Å²) in [6, 6.07) is 0. The predicted molar refractivity (Wildman–Crippen MR) is 55.2 cm³/mol. The van der Waals surface area contributed by atoms with Crippen LogP contribution in [-0.2, 0) is 0 Å². The minimum absolute atomic E-state index is 0.0579. The van der Waals surface area contributed by atoms with Crippen molar-refractivity contribution in [2.45, 2.75) is 10.7 Å². The molecule has 0 bridgehead atoms. The molecule has 0 saturated carbocycles. The molecule has 2 aliphatic rings. The molecule has 1 amide bonds. The van der Waals surface area contributed by atoms with Crippen molar-refractivity contribution in [2.24, 2.45) is 4.99 Å². The molecule has 0 aromatic carbocycles. The molecule has 1 N–H and O–H groups in total. The van der Waals surface area contributed by atoms with Crippen LogP contribution in [0, 0.1) is 0 Å². The molecule has 0 aromatic heterocycles. The summed E-state index contributed by atoms with van der Waals surface area (Å²) in [4.78, 5) is 17.2. The van der Waals surface area contributed by atoms with E-state index in [9.17, 15) is 4.79 Å². The maximum absolute atomic E-state index is 10.6. The summed E-state index contributed by atoms with van der Waals surface area (Å²) in [6.45, 7) is 0.512. The third kappa shape index (κ3) is 1.73. The minimum atomic E-state index is -0.898. The Morgan fingerprint density at radius 1 is 1.85 bits per heavy atom. The van der Waals surface area contributed by atoms with E-state index in [0.717, 1.165) is 10.6 Å². The van der Waals surface area contributed by atoms with Gasteiger partial charge in [-0.3, -0.25) is 9.89 Å². The molecule has 4 nitrogen and oxygen atoms in total. The molecule has 0 aromatic rings. The number of alkyl halides is 1. The minimum Gasteiger partial charge on any atom is -0.465 e. The van der Waals surface area contributed by atoms with E-state index in [0.29, 0.717) is 13.0 Å². The van der Waals surface area contributed by atoms with Gasteiger partial charge in [-0.1, -0.05) is 27.7 Å². The first-order valence-corrected chi connectivity index (χ1v) is 5.55. The van der Waals surface area contributed by atoms with Crippen molar-refractivity contribution in [3.05, 3.63) is 11.1 Å². The van der Waals surface area contributed by atoms with Gasteiger partial charge < -0.3 is 5.11 Å². The van der Waals surface area contributed by atoms with E-state index in [2.05, 4.69) is 20.9 Å². The SMILES string of the molecule is O=C(O)N1C=C2SC(Br)N=C2CC1. The quantitative estimate of drug-likeness (QED) is 0.537. The van der Waals surface area contributed by atoms with Crippen LogP contribution >= 0.6 is 27.7 Å². The van der Waals surface area contributed by atoms with Crippen LogP contribution in [0.1, 0.15) is 6.42 Å². The van der Waals surface area contributed by atoms with Gasteiger partial charge in [0, 0.05) is 24.1 Å². The number of aliphatic imine (C=N–C) groups is 1. The maximum atomic E-state index is 10.6. The van der Waals surface area contributed by atoms with Gasteiger partial charge in [-0.05, 0) is 0 Å². The highest BCUT2D eigenvalue weighted by Crippen LogP contribution is 2.37. The second-order valence-electron chi connectivity index (χ2n) is 2.71. The molecule has 2 heterocycles. The number of amides is 1. The molecule has 0 aliphatic carbocycles. The molecule has 0 spiro atoms.